The van der Waals surface area contributed by atoms with Crippen molar-refractivity contribution in [3.63, 3.8) is 0 Å². The molecule has 186 valence electrons. The molecule has 1 saturated heterocycles. The summed E-state index contributed by atoms with van der Waals surface area (Å²) in [6, 6.07) is 20.2. The van der Waals surface area contributed by atoms with Crippen LogP contribution >= 0.6 is 62.2 Å². The molecule has 1 fully saturated rings. The summed E-state index contributed by atoms with van der Waals surface area (Å²) in [4.78, 5) is 27.9. The smallest absolute Gasteiger partial charge is 0.301 e. The van der Waals surface area contributed by atoms with Crippen LogP contribution in [0.1, 0.15) is 22.7 Å². The number of thioether (sulfide) groups is 1. The number of carbonyl (C=O) groups is 2. The molecule has 1 atom stereocenters. The molecule has 1 aliphatic rings. The zero-order chi connectivity index (χ0) is 26.1. The Kier molecular flexibility index (Phi) is 7.69. The van der Waals surface area contributed by atoms with Gasteiger partial charge in [0.1, 0.15) is 5.76 Å². The number of hydrogen-bond acceptors (Lipinski definition) is 7. The fourth-order valence-corrected chi connectivity index (χ4v) is 6.41. The molecule has 2 heterocycles. The summed E-state index contributed by atoms with van der Waals surface area (Å²) in [5.41, 5.74) is 1.93. The zero-order valence-electron chi connectivity index (χ0n) is 18.8. The maximum Gasteiger partial charge on any atom is 0.301 e. The SMILES string of the molecule is O=C1C(=O)N(c2nnc(SCc3ccccc3Cl)s2)C(c2ccc(Br)cc2)/C1=C(/O)c1ccc(Cl)cc1. The summed E-state index contributed by atoms with van der Waals surface area (Å²) >= 11 is 18.3. The fraction of sp³-hybridized carbons (Fsp3) is 0.0769. The van der Waals surface area contributed by atoms with Crippen molar-refractivity contribution >= 4 is 84.8 Å². The molecule has 6 nitrogen and oxygen atoms in total. The lowest BCUT2D eigenvalue weighted by atomic mass is 9.95. The van der Waals surface area contributed by atoms with Crippen molar-refractivity contribution < 1.29 is 14.7 Å². The van der Waals surface area contributed by atoms with E-state index in [0.29, 0.717) is 31.3 Å². The van der Waals surface area contributed by atoms with Crippen LogP contribution in [0.2, 0.25) is 10.0 Å². The first-order valence-corrected chi connectivity index (χ1v) is 14.2. The molecule has 1 aliphatic heterocycles. The number of nitrogens with zero attached hydrogens (tertiary/aromatic N) is 3. The van der Waals surface area contributed by atoms with Crippen LogP contribution in [-0.4, -0.2) is 27.0 Å². The maximum absolute atomic E-state index is 13.3. The Bertz CT molecular complexity index is 1520. The normalized spacial score (nSPS) is 16.9. The largest absolute Gasteiger partial charge is 0.507 e. The Hall–Kier alpha value is -2.69. The number of anilines is 1. The summed E-state index contributed by atoms with van der Waals surface area (Å²) in [6.07, 6.45) is 0. The molecule has 1 amide bonds. The van der Waals surface area contributed by atoms with Crippen LogP contribution in [0.4, 0.5) is 5.13 Å². The van der Waals surface area contributed by atoms with Crippen LogP contribution in [0, 0.1) is 0 Å². The van der Waals surface area contributed by atoms with E-state index in [0.717, 1.165) is 10.0 Å². The molecule has 11 heteroatoms. The van der Waals surface area contributed by atoms with E-state index < -0.39 is 17.7 Å². The monoisotopic (exact) mass is 631 g/mol. The number of aliphatic hydroxyl groups excluding tert-OH is 1. The van der Waals surface area contributed by atoms with Crippen LogP contribution in [0.15, 0.2) is 87.2 Å². The highest BCUT2D eigenvalue weighted by Gasteiger charge is 2.48. The van der Waals surface area contributed by atoms with Gasteiger partial charge in [-0.25, -0.2) is 0 Å². The van der Waals surface area contributed by atoms with Crippen LogP contribution < -0.4 is 4.90 Å². The number of amides is 1. The minimum Gasteiger partial charge on any atom is -0.507 e. The van der Waals surface area contributed by atoms with Crippen molar-refractivity contribution in [3.8, 4) is 0 Å². The molecular formula is C26H16BrCl2N3O3S2. The lowest BCUT2D eigenvalue weighted by Crippen LogP contribution is -2.29. The van der Waals surface area contributed by atoms with E-state index in [-0.39, 0.29) is 16.5 Å². The number of carbonyl (C=O) groups excluding carboxylic acids is 2. The van der Waals surface area contributed by atoms with Crippen molar-refractivity contribution in [2.24, 2.45) is 0 Å². The van der Waals surface area contributed by atoms with Crippen molar-refractivity contribution in [2.75, 3.05) is 4.90 Å². The number of halogens is 3. The van der Waals surface area contributed by atoms with Gasteiger partial charge in [-0.05, 0) is 53.6 Å². The van der Waals surface area contributed by atoms with Gasteiger partial charge < -0.3 is 5.11 Å². The van der Waals surface area contributed by atoms with E-state index in [1.807, 2.05) is 36.4 Å². The average Bonchev–Trinajstić information content (AvgIpc) is 3.46. The Morgan fingerprint density at radius 2 is 1.70 bits per heavy atom. The van der Waals surface area contributed by atoms with Gasteiger partial charge in [0.05, 0.1) is 11.6 Å². The summed E-state index contributed by atoms with van der Waals surface area (Å²) in [5.74, 6) is -1.31. The van der Waals surface area contributed by atoms with E-state index in [9.17, 15) is 14.7 Å². The van der Waals surface area contributed by atoms with E-state index in [1.165, 1.54) is 28.0 Å². The third kappa shape index (κ3) is 5.32. The molecule has 0 saturated carbocycles. The predicted molar refractivity (Wildman–Crippen MR) is 151 cm³/mol. The van der Waals surface area contributed by atoms with Crippen molar-refractivity contribution in [1.82, 2.24) is 10.2 Å². The minimum atomic E-state index is -0.891. The van der Waals surface area contributed by atoms with Gasteiger partial charge in [0.15, 0.2) is 4.34 Å². The van der Waals surface area contributed by atoms with E-state index in [1.54, 1.807) is 36.4 Å². The van der Waals surface area contributed by atoms with Crippen LogP contribution in [0.5, 0.6) is 0 Å². The molecule has 5 rings (SSSR count). The topological polar surface area (TPSA) is 83.4 Å². The standard InChI is InChI=1S/C26H16BrCl2N3O3S2/c27-17-9-5-14(6-10-17)21-20(22(33)15-7-11-18(28)12-8-15)23(34)24(35)32(21)25-30-31-26(37-25)36-13-16-3-1-2-4-19(16)29/h1-12,21,33H,13H2/b22-20-. The number of aliphatic hydroxyl groups is 1. The number of ketones is 1. The number of hydrogen-bond donors (Lipinski definition) is 1. The molecular weight excluding hydrogens is 617 g/mol. The Morgan fingerprint density at radius 3 is 2.41 bits per heavy atom. The summed E-state index contributed by atoms with van der Waals surface area (Å²) < 4.78 is 1.45. The van der Waals surface area contributed by atoms with Gasteiger partial charge in [-0.2, -0.15) is 0 Å². The second-order valence-corrected chi connectivity index (χ2v) is 11.9. The van der Waals surface area contributed by atoms with Gasteiger partial charge in [0, 0.05) is 25.8 Å². The highest BCUT2D eigenvalue weighted by Crippen LogP contribution is 2.44. The quantitative estimate of drug-likeness (QED) is 0.0778. The number of rotatable bonds is 6. The van der Waals surface area contributed by atoms with Crippen molar-refractivity contribution in [3.05, 3.63) is 110 Å². The molecule has 1 unspecified atom stereocenters. The molecule has 1 aromatic heterocycles. The van der Waals surface area contributed by atoms with Gasteiger partial charge in [-0.1, -0.05) is 92.6 Å². The first-order chi connectivity index (χ1) is 17.8. The molecule has 0 aliphatic carbocycles. The van der Waals surface area contributed by atoms with Gasteiger partial charge in [0.2, 0.25) is 5.13 Å². The van der Waals surface area contributed by atoms with E-state index in [4.69, 9.17) is 23.2 Å². The minimum absolute atomic E-state index is 0.0323. The van der Waals surface area contributed by atoms with Crippen molar-refractivity contribution in [2.45, 2.75) is 16.1 Å². The summed E-state index contributed by atoms with van der Waals surface area (Å²) in [6.45, 7) is 0. The molecule has 1 N–H and O–H groups in total. The predicted octanol–water partition coefficient (Wildman–Crippen LogP) is 7.53. The molecule has 4 aromatic rings. The number of Topliss-reactive ketones (excluding diaryl/α,β-unsaturated/α-hetero) is 1. The average molecular weight is 633 g/mol. The first-order valence-electron chi connectivity index (χ1n) is 10.9. The molecule has 0 bridgehead atoms. The molecule has 0 spiro atoms. The first kappa shape index (κ1) is 25.9. The van der Waals surface area contributed by atoms with Gasteiger partial charge >= 0.3 is 5.91 Å². The van der Waals surface area contributed by atoms with E-state index >= 15 is 0 Å². The van der Waals surface area contributed by atoms with E-state index in [2.05, 4.69) is 26.1 Å². The Labute approximate surface area is 239 Å². The number of benzene rings is 3. The Balaban J connectivity index is 1.54. The lowest BCUT2D eigenvalue weighted by Gasteiger charge is -2.22. The van der Waals surface area contributed by atoms with Crippen molar-refractivity contribution in [1.29, 1.82) is 0 Å². The van der Waals surface area contributed by atoms with Gasteiger partial charge in [-0.15, -0.1) is 10.2 Å². The zero-order valence-corrected chi connectivity index (χ0v) is 23.5. The third-order valence-electron chi connectivity index (χ3n) is 5.66. The van der Waals surface area contributed by atoms with Gasteiger partial charge in [-0.3, -0.25) is 14.5 Å². The second-order valence-electron chi connectivity index (χ2n) is 7.96. The maximum atomic E-state index is 13.3. The third-order valence-corrected chi connectivity index (χ3v) is 8.91. The number of aromatic nitrogens is 2. The highest BCUT2D eigenvalue weighted by atomic mass is 79.9. The second kappa shape index (κ2) is 11.0. The molecule has 0 radical (unpaired) electrons. The fourth-order valence-electron chi connectivity index (χ4n) is 3.87. The molecule has 37 heavy (non-hydrogen) atoms. The van der Waals surface area contributed by atoms with Gasteiger partial charge in [0.25, 0.3) is 5.78 Å². The molecule has 3 aromatic carbocycles. The highest BCUT2D eigenvalue weighted by molar-refractivity contribution is 9.10. The van der Waals surface area contributed by atoms with Crippen LogP contribution in [0.3, 0.4) is 0 Å². The van der Waals surface area contributed by atoms with Crippen LogP contribution in [-0.2, 0) is 15.3 Å². The summed E-state index contributed by atoms with van der Waals surface area (Å²) in [5, 5.41) is 21.0. The summed E-state index contributed by atoms with van der Waals surface area (Å²) in [7, 11) is 0. The van der Waals surface area contributed by atoms with Crippen LogP contribution in [0.25, 0.3) is 5.76 Å². The lowest BCUT2D eigenvalue weighted by molar-refractivity contribution is -0.132. The Morgan fingerprint density at radius 1 is 1.00 bits per heavy atom.